The first-order valence-corrected chi connectivity index (χ1v) is 8.76. The zero-order chi connectivity index (χ0) is 18.6. The highest BCUT2D eigenvalue weighted by Crippen LogP contribution is 2.25. The second-order valence-electron chi connectivity index (χ2n) is 5.99. The fraction of sp³-hybridized carbons (Fsp3) is 0.143. The molecule has 0 unspecified atom stereocenters. The summed E-state index contributed by atoms with van der Waals surface area (Å²) in [4.78, 5) is 17.3. The second kappa shape index (κ2) is 7.37. The molecule has 2 aromatic heterocycles. The number of para-hydroxylation sites is 2. The van der Waals surface area contributed by atoms with Crippen molar-refractivity contribution in [3.63, 3.8) is 0 Å². The van der Waals surface area contributed by atoms with Crippen molar-refractivity contribution < 1.29 is 13.9 Å². The van der Waals surface area contributed by atoms with Gasteiger partial charge in [-0.25, -0.2) is 4.98 Å². The fourth-order valence-corrected chi connectivity index (χ4v) is 2.97. The third-order valence-corrected chi connectivity index (χ3v) is 4.15. The first kappa shape index (κ1) is 16.9. The van der Waals surface area contributed by atoms with Crippen LogP contribution in [0.15, 0.2) is 71.3 Å². The van der Waals surface area contributed by atoms with Gasteiger partial charge in [0.05, 0.1) is 23.9 Å². The Morgan fingerprint density at radius 3 is 2.67 bits per heavy atom. The van der Waals surface area contributed by atoms with E-state index in [1.165, 1.54) is 0 Å². The Morgan fingerprint density at radius 2 is 1.93 bits per heavy atom. The molecule has 4 aromatic rings. The van der Waals surface area contributed by atoms with Crippen LogP contribution in [0.5, 0.6) is 5.75 Å². The molecule has 27 heavy (non-hydrogen) atoms. The van der Waals surface area contributed by atoms with Crippen LogP contribution < -0.4 is 10.1 Å². The number of nitrogens with zero attached hydrogens (tertiary/aromatic N) is 2. The highest BCUT2D eigenvalue weighted by molar-refractivity contribution is 5.92. The van der Waals surface area contributed by atoms with E-state index in [-0.39, 0.29) is 12.5 Å². The molecule has 0 saturated carbocycles. The van der Waals surface area contributed by atoms with E-state index in [1.54, 1.807) is 12.3 Å². The molecule has 2 heterocycles. The van der Waals surface area contributed by atoms with Crippen LogP contribution >= 0.6 is 0 Å². The molecule has 2 aromatic carbocycles. The number of rotatable bonds is 6. The van der Waals surface area contributed by atoms with E-state index >= 15 is 0 Å². The molecule has 0 atom stereocenters. The predicted molar refractivity (Wildman–Crippen MR) is 104 cm³/mol. The van der Waals surface area contributed by atoms with Gasteiger partial charge in [0.2, 0.25) is 5.91 Å². The molecule has 6 nitrogen and oxygen atoms in total. The van der Waals surface area contributed by atoms with Crippen molar-refractivity contribution in [2.75, 3.05) is 11.9 Å². The molecule has 0 aliphatic carbocycles. The van der Waals surface area contributed by atoms with Gasteiger partial charge in [-0.15, -0.1) is 0 Å². The monoisotopic (exact) mass is 361 g/mol. The lowest BCUT2D eigenvalue weighted by Crippen LogP contribution is -2.19. The summed E-state index contributed by atoms with van der Waals surface area (Å²) in [7, 11) is 0. The molecular weight excluding hydrogens is 342 g/mol. The Hall–Kier alpha value is -3.54. The van der Waals surface area contributed by atoms with Crippen molar-refractivity contribution >= 4 is 22.6 Å². The molecule has 136 valence electrons. The van der Waals surface area contributed by atoms with Crippen molar-refractivity contribution in [1.29, 1.82) is 0 Å². The molecule has 0 bridgehead atoms. The number of carbonyl (C=O) groups is 1. The Labute approximate surface area is 156 Å². The molecule has 0 radical (unpaired) electrons. The molecule has 0 aliphatic heterocycles. The Balaban J connectivity index is 1.59. The summed E-state index contributed by atoms with van der Waals surface area (Å²) in [6, 6.07) is 18.7. The summed E-state index contributed by atoms with van der Waals surface area (Å²) in [5.41, 5.74) is 2.41. The number of furan rings is 1. The van der Waals surface area contributed by atoms with E-state index in [0.29, 0.717) is 23.9 Å². The predicted octanol–water partition coefficient (Wildman–Crippen LogP) is 4.33. The summed E-state index contributed by atoms with van der Waals surface area (Å²) >= 11 is 0. The molecule has 6 heteroatoms. The number of anilines is 1. The lowest BCUT2D eigenvalue weighted by atomic mass is 10.3. The third-order valence-electron chi connectivity index (χ3n) is 4.15. The van der Waals surface area contributed by atoms with Crippen LogP contribution in [0.4, 0.5) is 5.69 Å². The molecular formula is C21H19N3O3. The van der Waals surface area contributed by atoms with Crippen LogP contribution in [-0.4, -0.2) is 22.1 Å². The number of benzene rings is 2. The van der Waals surface area contributed by atoms with Crippen LogP contribution in [0.3, 0.4) is 0 Å². The number of aromatic nitrogens is 2. The zero-order valence-corrected chi connectivity index (χ0v) is 14.9. The second-order valence-corrected chi connectivity index (χ2v) is 5.99. The normalized spacial score (nSPS) is 10.9. The Bertz CT molecular complexity index is 1050. The molecule has 1 amide bonds. The number of nitrogens with one attached hydrogen (secondary N) is 1. The molecule has 0 saturated heterocycles. The number of fused-ring (bicyclic) bond motifs is 1. The molecule has 0 fully saturated rings. The minimum Gasteiger partial charge on any atom is -0.494 e. The Kier molecular flexibility index (Phi) is 4.61. The average molecular weight is 361 g/mol. The van der Waals surface area contributed by atoms with Gasteiger partial charge in [0.25, 0.3) is 0 Å². The van der Waals surface area contributed by atoms with E-state index in [2.05, 4.69) is 10.3 Å². The summed E-state index contributed by atoms with van der Waals surface area (Å²) < 4.78 is 12.8. The van der Waals surface area contributed by atoms with Gasteiger partial charge in [0, 0.05) is 5.69 Å². The number of hydrogen-bond acceptors (Lipinski definition) is 4. The summed E-state index contributed by atoms with van der Waals surface area (Å²) in [6.45, 7) is 2.67. The number of amides is 1. The maximum atomic E-state index is 12.6. The summed E-state index contributed by atoms with van der Waals surface area (Å²) in [5, 5.41) is 2.91. The SMILES string of the molecule is CCOc1ccc(NC(=O)Cn2c(-c3ccco3)nc3ccccc32)cc1. The van der Waals surface area contributed by atoms with Crippen molar-refractivity contribution in [3.05, 3.63) is 66.9 Å². The first-order valence-electron chi connectivity index (χ1n) is 8.76. The molecule has 0 spiro atoms. The number of carbonyl (C=O) groups excluding carboxylic acids is 1. The van der Waals surface area contributed by atoms with Crippen LogP contribution in [0.1, 0.15) is 6.92 Å². The van der Waals surface area contributed by atoms with Crippen molar-refractivity contribution in [3.8, 4) is 17.3 Å². The molecule has 1 N–H and O–H groups in total. The first-order chi connectivity index (χ1) is 13.2. The maximum Gasteiger partial charge on any atom is 0.244 e. The van der Waals surface area contributed by atoms with Gasteiger partial charge < -0.3 is 19.0 Å². The Morgan fingerprint density at radius 1 is 1.11 bits per heavy atom. The van der Waals surface area contributed by atoms with Crippen molar-refractivity contribution in [1.82, 2.24) is 9.55 Å². The van der Waals surface area contributed by atoms with Crippen LogP contribution in [0, 0.1) is 0 Å². The van der Waals surface area contributed by atoms with Crippen LogP contribution in [0.25, 0.3) is 22.6 Å². The number of hydrogen-bond donors (Lipinski definition) is 1. The zero-order valence-electron chi connectivity index (χ0n) is 14.9. The van der Waals surface area contributed by atoms with Gasteiger partial charge in [-0.05, 0) is 55.5 Å². The van der Waals surface area contributed by atoms with Crippen LogP contribution in [0.2, 0.25) is 0 Å². The number of ether oxygens (including phenoxy) is 1. The van der Waals surface area contributed by atoms with Crippen LogP contribution in [-0.2, 0) is 11.3 Å². The van der Waals surface area contributed by atoms with E-state index in [9.17, 15) is 4.79 Å². The number of imidazole rings is 1. The van der Waals surface area contributed by atoms with Gasteiger partial charge in [-0.2, -0.15) is 0 Å². The average Bonchev–Trinajstić information content (AvgIpc) is 3.32. The van der Waals surface area contributed by atoms with Crippen molar-refractivity contribution in [2.45, 2.75) is 13.5 Å². The largest absolute Gasteiger partial charge is 0.494 e. The summed E-state index contributed by atoms with van der Waals surface area (Å²) in [6.07, 6.45) is 1.60. The van der Waals surface area contributed by atoms with E-state index in [0.717, 1.165) is 16.8 Å². The van der Waals surface area contributed by atoms with Gasteiger partial charge >= 0.3 is 0 Å². The molecule has 4 rings (SSSR count). The quantitative estimate of drug-likeness (QED) is 0.555. The van der Waals surface area contributed by atoms with Crippen molar-refractivity contribution in [2.24, 2.45) is 0 Å². The summed E-state index contributed by atoms with van der Waals surface area (Å²) in [5.74, 6) is 1.88. The maximum absolute atomic E-state index is 12.6. The highest BCUT2D eigenvalue weighted by atomic mass is 16.5. The van der Waals surface area contributed by atoms with E-state index in [4.69, 9.17) is 9.15 Å². The van der Waals surface area contributed by atoms with Gasteiger partial charge in [-0.3, -0.25) is 4.79 Å². The third kappa shape index (κ3) is 3.55. The molecule has 0 aliphatic rings. The van der Waals surface area contributed by atoms with E-state index < -0.39 is 0 Å². The van der Waals surface area contributed by atoms with Gasteiger partial charge in [-0.1, -0.05) is 12.1 Å². The highest BCUT2D eigenvalue weighted by Gasteiger charge is 2.16. The standard InChI is InChI=1S/C21H19N3O3/c1-2-26-16-11-9-15(10-12-16)22-20(25)14-24-18-7-4-3-6-17(18)23-21(24)19-8-5-13-27-19/h3-13H,2,14H2,1H3,(H,22,25). The van der Waals surface area contributed by atoms with E-state index in [1.807, 2.05) is 66.1 Å². The lowest BCUT2D eigenvalue weighted by molar-refractivity contribution is -0.116. The smallest absolute Gasteiger partial charge is 0.244 e. The minimum absolute atomic E-state index is 0.129. The lowest BCUT2D eigenvalue weighted by Gasteiger charge is -2.10. The minimum atomic E-state index is -0.143. The fourth-order valence-electron chi connectivity index (χ4n) is 2.97. The topological polar surface area (TPSA) is 69.3 Å². The van der Waals surface area contributed by atoms with Gasteiger partial charge in [0.15, 0.2) is 11.6 Å². The van der Waals surface area contributed by atoms with Gasteiger partial charge in [0.1, 0.15) is 12.3 Å².